The fraction of sp³-hybridized carbons (Fsp3) is 0.346. The molecule has 2 aliphatic carbocycles. The van der Waals surface area contributed by atoms with Gasteiger partial charge in [-0.15, -0.1) is 0 Å². The number of pyridine rings is 1. The Kier molecular flexibility index (Phi) is 6.24. The average Bonchev–Trinajstić information content (AvgIpc) is 3.51. The van der Waals surface area contributed by atoms with Gasteiger partial charge in [0.25, 0.3) is 5.91 Å². The number of aromatic nitrogens is 2. The number of ketones is 1. The van der Waals surface area contributed by atoms with Gasteiger partial charge in [-0.3, -0.25) is 24.7 Å². The number of benzene rings is 1. The summed E-state index contributed by atoms with van der Waals surface area (Å²) in [5, 5.41) is 6.28. The largest absolute Gasteiger partial charge is 0.355 e. The highest BCUT2D eigenvalue weighted by atomic mass is 32.1. The lowest BCUT2D eigenvalue weighted by Crippen LogP contribution is -2.43. The van der Waals surface area contributed by atoms with Crippen LogP contribution < -0.4 is 10.6 Å². The van der Waals surface area contributed by atoms with E-state index in [4.69, 9.17) is 0 Å². The highest BCUT2D eigenvalue weighted by Crippen LogP contribution is 2.41. The molecule has 2 amide bonds. The van der Waals surface area contributed by atoms with E-state index in [1.165, 1.54) is 16.9 Å². The smallest absolute Gasteiger partial charge is 0.257 e. The number of fused-ring (bicyclic) bond motifs is 1. The Morgan fingerprint density at radius 1 is 1.03 bits per heavy atom. The van der Waals surface area contributed by atoms with E-state index < -0.39 is 5.92 Å². The molecule has 2 heterocycles. The van der Waals surface area contributed by atoms with Gasteiger partial charge in [0.1, 0.15) is 0 Å². The molecule has 8 heteroatoms. The zero-order valence-corrected chi connectivity index (χ0v) is 19.6. The number of carbonyl (C=O) groups is 3. The second-order valence-corrected chi connectivity index (χ2v) is 10.1. The Morgan fingerprint density at radius 2 is 1.76 bits per heavy atom. The van der Waals surface area contributed by atoms with Gasteiger partial charge in [-0.2, -0.15) is 0 Å². The number of carbonyl (C=O) groups excluding carboxylic acids is 3. The summed E-state index contributed by atoms with van der Waals surface area (Å²) in [6.07, 6.45) is 8.06. The van der Waals surface area contributed by atoms with E-state index in [2.05, 4.69) is 32.7 Å². The molecule has 1 unspecified atom stereocenters. The fourth-order valence-electron chi connectivity index (χ4n) is 5.05. The predicted octanol–water partition coefficient (Wildman–Crippen LogP) is 4.16. The van der Waals surface area contributed by atoms with E-state index >= 15 is 0 Å². The maximum Gasteiger partial charge on any atom is 0.257 e. The second kappa shape index (κ2) is 9.46. The van der Waals surface area contributed by atoms with Gasteiger partial charge in [-0.1, -0.05) is 54.5 Å². The van der Waals surface area contributed by atoms with E-state index in [1.54, 1.807) is 24.5 Å². The minimum absolute atomic E-state index is 0.0359. The highest BCUT2D eigenvalue weighted by molar-refractivity contribution is 7.17. The maximum absolute atomic E-state index is 13.1. The van der Waals surface area contributed by atoms with Crippen LogP contribution in [-0.4, -0.2) is 34.1 Å². The van der Waals surface area contributed by atoms with Gasteiger partial charge in [-0.25, -0.2) is 4.98 Å². The van der Waals surface area contributed by atoms with Crippen LogP contribution in [0.25, 0.3) is 0 Å². The number of thiazole rings is 1. The van der Waals surface area contributed by atoms with E-state index in [-0.39, 0.29) is 29.4 Å². The zero-order valence-electron chi connectivity index (χ0n) is 18.8. The molecule has 1 atom stereocenters. The Balaban J connectivity index is 1.25. The molecule has 0 saturated heterocycles. The molecule has 1 aromatic carbocycles. The first-order valence-electron chi connectivity index (χ1n) is 11.6. The molecule has 3 aromatic rings. The summed E-state index contributed by atoms with van der Waals surface area (Å²) in [6, 6.07) is 13.6. The topological polar surface area (TPSA) is 101 Å². The van der Waals surface area contributed by atoms with Crippen LogP contribution in [0.5, 0.6) is 0 Å². The highest BCUT2D eigenvalue weighted by Gasteiger charge is 2.38. The van der Waals surface area contributed by atoms with Crippen molar-refractivity contribution >= 4 is 34.1 Å². The Morgan fingerprint density at radius 3 is 2.50 bits per heavy atom. The van der Waals surface area contributed by atoms with Crippen LogP contribution in [0, 0.1) is 5.92 Å². The predicted molar refractivity (Wildman–Crippen MR) is 130 cm³/mol. The lowest BCUT2D eigenvalue weighted by Gasteiger charge is -2.31. The monoisotopic (exact) mass is 474 g/mol. The van der Waals surface area contributed by atoms with Crippen LogP contribution >= 0.6 is 11.3 Å². The van der Waals surface area contributed by atoms with Gasteiger partial charge in [0.05, 0.1) is 16.5 Å². The number of anilines is 1. The second-order valence-electron chi connectivity index (χ2n) is 9.08. The van der Waals surface area contributed by atoms with Crippen LogP contribution in [-0.2, 0) is 16.6 Å². The number of hydrogen-bond acceptors (Lipinski definition) is 6. The quantitative estimate of drug-likeness (QED) is 0.559. The van der Waals surface area contributed by atoms with Gasteiger partial charge in [0.2, 0.25) is 5.91 Å². The molecular formula is C26H26N4O3S. The van der Waals surface area contributed by atoms with Crippen molar-refractivity contribution < 1.29 is 14.4 Å². The Hall–Kier alpha value is -3.39. The van der Waals surface area contributed by atoms with Crippen molar-refractivity contribution in [2.24, 2.45) is 5.92 Å². The molecule has 0 bridgehead atoms. The number of hydrogen-bond donors (Lipinski definition) is 2. The summed E-state index contributed by atoms with van der Waals surface area (Å²) in [5.41, 5.74) is 2.28. The van der Waals surface area contributed by atoms with Crippen LogP contribution in [0.1, 0.15) is 63.4 Å². The Labute approximate surface area is 202 Å². The first-order valence-corrected chi connectivity index (χ1v) is 12.4. The number of nitrogens with one attached hydrogen (secondary N) is 2. The van der Waals surface area contributed by atoms with Crippen molar-refractivity contribution in [3.05, 3.63) is 76.6 Å². The molecule has 5 rings (SSSR count). The summed E-state index contributed by atoms with van der Waals surface area (Å²) >= 11 is 1.17. The van der Waals surface area contributed by atoms with Crippen LogP contribution in [0.4, 0.5) is 5.13 Å². The minimum Gasteiger partial charge on any atom is -0.355 e. The van der Waals surface area contributed by atoms with E-state index in [9.17, 15) is 14.4 Å². The molecule has 34 heavy (non-hydrogen) atoms. The van der Waals surface area contributed by atoms with Crippen LogP contribution in [0.15, 0.2) is 54.9 Å². The molecule has 2 N–H and O–H groups in total. The summed E-state index contributed by atoms with van der Waals surface area (Å²) in [7, 11) is 0. The average molecular weight is 475 g/mol. The lowest BCUT2D eigenvalue weighted by molar-refractivity contribution is -0.125. The first kappa shape index (κ1) is 22.4. The molecule has 2 aromatic heterocycles. The molecule has 0 spiro atoms. The standard InChI is InChI=1S/C26H26N4O3S/c31-21-15-18(23(32)28-16-26(10-4-5-11-26)19-6-2-1-3-7-19)14-20-22(21)34-25(29-20)30-24(33)17-8-12-27-13-9-17/h1-3,6-9,12-13,18H,4-5,10-11,14-16H2,(H,28,32)(H,29,30,33). The van der Waals surface area contributed by atoms with Crippen molar-refractivity contribution in [3.63, 3.8) is 0 Å². The van der Waals surface area contributed by atoms with Crippen LogP contribution in [0.2, 0.25) is 0 Å². The van der Waals surface area contributed by atoms with Crippen molar-refractivity contribution in [3.8, 4) is 0 Å². The number of amides is 2. The van der Waals surface area contributed by atoms with Crippen molar-refractivity contribution in [1.29, 1.82) is 0 Å². The minimum atomic E-state index is -0.444. The number of nitrogens with zero attached hydrogens (tertiary/aromatic N) is 2. The summed E-state index contributed by atoms with van der Waals surface area (Å²) < 4.78 is 0. The zero-order chi connectivity index (χ0) is 23.5. The fourth-order valence-corrected chi connectivity index (χ4v) is 5.99. The normalized spacial score (nSPS) is 18.8. The van der Waals surface area contributed by atoms with Gasteiger partial charge in [0.15, 0.2) is 10.9 Å². The van der Waals surface area contributed by atoms with Gasteiger partial charge in [-0.05, 0) is 30.5 Å². The van der Waals surface area contributed by atoms with Crippen molar-refractivity contribution in [2.45, 2.75) is 43.9 Å². The van der Waals surface area contributed by atoms with Crippen molar-refractivity contribution in [2.75, 3.05) is 11.9 Å². The Bertz CT molecular complexity index is 1200. The summed E-state index contributed by atoms with van der Waals surface area (Å²) in [6.45, 7) is 0.581. The molecule has 0 radical (unpaired) electrons. The summed E-state index contributed by atoms with van der Waals surface area (Å²) in [5.74, 6) is -0.948. The number of Topliss-reactive ketones (excluding diaryl/α,β-unsaturated/α-hetero) is 1. The molecule has 1 saturated carbocycles. The summed E-state index contributed by atoms with van der Waals surface area (Å²) in [4.78, 5) is 47.2. The van der Waals surface area contributed by atoms with E-state index in [0.29, 0.717) is 34.2 Å². The third kappa shape index (κ3) is 4.50. The van der Waals surface area contributed by atoms with Gasteiger partial charge in [0, 0.05) is 42.8 Å². The third-order valence-electron chi connectivity index (χ3n) is 6.90. The SMILES string of the molecule is O=C(Nc1nc2c(s1)C(=O)CC(C(=O)NCC1(c3ccccc3)CCCC1)C2)c1ccncc1. The van der Waals surface area contributed by atoms with E-state index in [0.717, 1.165) is 25.7 Å². The first-order chi connectivity index (χ1) is 16.5. The van der Waals surface area contributed by atoms with Crippen LogP contribution in [0.3, 0.4) is 0 Å². The van der Waals surface area contributed by atoms with E-state index in [1.807, 2.05) is 18.2 Å². The lowest BCUT2D eigenvalue weighted by atomic mass is 9.78. The third-order valence-corrected chi connectivity index (χ3v) is 7.96. The molecule has 1 fully saturated rings. The van der Waals surface area contributed by atoms with Gasteiger partial charge < -0.3 is 5.32 Å². The molecular weight excluding hydrogens is 448 g/mol. The maximum atomic E-state index is 13.1. The molecule has 7 nitrogen and oxygen atoms in total. The van der Waals surface area contributed by atoms with Gasteiger partial charge >= 0.3 is 0 Å². The molecule has 174 valence electrons. The van der Waals surface area contributed by atoms with Crippen molar-refractivity contribution in [1.82, 2.24) is 15.3 Å². The molecule has 0 aliphatic heterocycles. The molecule has 2 aliphatic rings. The number of rotatable bonds is 6.